The number of carbonyl (C=O) groups excluding carboxylic acids is 1. The van der Waals surface area contributed by atoms with Crippen LogP contribution < -0.4 is 11.1 Å². The van der Waals surface area contributed by atoms with E-state index in [0.717, 1.165) is 24.3 Å². The molecule has 0 aliphatic carbocycles. The highest BCUT2D eigenvalue weighted by Gasteiger charge is 2.09. The molecule has 2 rings (SSSR count). The molecule has 6 heteroatoms. The van der Waals surface area contributed by atoms with Gasteiger partial charge in [0, 0.05) is 17.8 Å². The molecule has 0 atom stereocenters. The fourth-order valence-corrected chi connectivity index (χ4v) is 1.68. The maximum atomic E-state index is 13.1. The van der Waals surface area contributed by atoms with E-state index >= 15 is 0 Å². The van der Waals surface area contributed by atoms with Gasteiger partial charge in [-0.1, -0.05) is 6.07 Å². The molecule has 0 radical (unpaired) electrons. The Balaban J connectivity index is 2.06. The summed E-state index contributed by atoms with van der Waals surface area (Å²) in [6.45, 7) is -0.00749. The van der Waals surface area contributed by atoms with Crippen LogP contribution in [0, 0.1) is 17.5 Å². The number of carbonyl (C=O) groups is 1. The van der Waals surface area contributed by atoms with E-state index in [9.17, 15) is 18.0 Å². The molecule has 0 saturated heterocycles. The molecular formula is C14H11F3N2O. The standard InChI is InChI=1S/C14H11F3N2O/c15-10-4-9(5-11(18)6-10)14(20)19-7-8-1-2-12(16)13(17)3-8/h1-6H,7,18H2,(H,19,20). The van der Waals surface area contributed by atoms with E-state index in [1.54, 1.807) is 0 Å². The third kappa shape index (κ3) is 3.28. The van der Waals surface area contributed by atoms with Gasteiger partial charge in [-0.25, -0.2) is 13.2 Å². The lowest BCUT2D eigenvalue weighted by Crippen LogP contribution is -2.23. The average Bonchev–Trinajstić information content (AvgIpc) is 2.38. The number of nitrogens with two attached hydrogens (primary N) is 1. The van der Waals surface area contributed by atoms with Crippen LogP contribution in [0.25, 0.3) is 0 Å². The van der Waals surface area contributed by atoms with Crippen LogP contribution in [0.3, 0.4) is 0 Å². The van der Waals surface area contributed by atoms with E-state index in [-0.39, 0.29) is 17.8 Å². The second kappa shape index (κ2) is 5.64. The summed E-state index contributed by atoms with van der Waals surface area (Å²) in [5.74, 6) is -3.13. The van der Waals surface area contributed by atoms with Crippen molar-refractivity contribution in [3.05, 3.63) is 65.0 Å². The number of nitrogens with one attached hydrogen (secondary N) is 1. The number of benzene rings is 2. The lowest BCUT2D eigenvalue weighted by molar-refractivity contribution is 0.0950. The van der Waals surface area contributed by atoms with Crippen molar-refractivity contribution in [3.8, 4) is 0 Å². The number of hydrogen-bond donors (Lipinski definition) is 2. The summed E-state index contributed by atoms with van der Waals surface area (Å²) in [5.41, 5.74) is 6.01. The summed E-state index contributed by atoms with van der Waals surface area (Å²) in [5, 5.41) is 2.47. The number of anilines is 1. The molecule has 0 aliphatic rings. The predicted molar refractivity (Wildman–Crippen MR) is 68.3 cm³/mol. The molecule has 0 aromatic heterocycles. The van der Waals surface area contributed by atoms with Crippen molar-refractivity contribution < 1.29 is 18.0 Å². The first-order valence-corrected chi connectivity index (χ1v) is 5.74. The largest absolute Gasteiger partial charge is 0.399 e. The highest BCUT2D eigenvalue weighted by molar-refractivity contribution is 5.95. The fourth-order valence-electron chi connectivity index (χ4n) is 1.68. The lowest BCUT2D eigenvalue weighted by atomic mass is 10.1. The Labute approximate surface area is 113 Å². The van der Waals surface area contributed by atoms with E-state index in [4.69, 9.17) is 5.73 Å². The Morgan fingerprint density at radius 3 is 2.45 bits per heavy atom. The molecule has 0 spiro atoms. The Bertz CT molecular complexity index is 639. The van der Waals surface area contributed by atoms with E-state index in [1.165, 1.54) is 12.1 Å². The lowest BCUT2D eigenvalue weighted by Gasteiger charge is -2.07. The first-order valence-electron chi connectivity index (χ1n) is 5.74. The number of hydrogen-bond acceptors (Lipinski definition) is 2. The number of rotatable bonds is 3. The van der Waals surface area contributed by atoms with Crippen molar-refractivity contribution in [1.29, 1.82) is 0 Å². The molecule has 0 saturated carbocycles. The Morgan fingerprint density at radius 2 is 1.80 bits per heavy atom. The molecule has 3 N–H and O–H groups in total. The van der Waals surface area contributed by atoms with Gasteiger partial charge in [0.1, 0.15) is 5.82 Å². The van der Waals surface area contributed by atoms with E-state index in [0.29, 0.717) is 5.56 Å². The van der Waals surface area contributed by atoms with E-state index < -0.39 is 23.4 Å². The maximum absolute atomic E-state index is 13.1. The van der Waals surface area contributed by atoms with Crippen molar-refractivity contribution in [3.63, 3.8) is 0 Å². The molecule has 0 aliphatic heterocycles. The van der Waals surface area contributed by atoms with Crippen molar-refractivity contribution in [1.82, 2.24) is 5.32 Å². The highest BCUT2D eigenvalue weighted by atomic mass is 19.2. The van der Waals surface area contributed by atoms with Gasteiger partial charge in [0.15, 0.2) is 11.6 Å². The molecule has 0 fully saturated rings. The minimum Gasteiger partial charge on any atom is -0.399 e. The van der Waals surface area contributed by atoms with Crippen LogP contribution in [0.4, 0.5) is 18.9 Å². The minimum absolute atomic E-state index is 0.00749. The van der Waals surface area contributed by atoms with Gasteiger partial charge in [0.25, 0.3) is 5.91 Å². The third-order valence-corrected chi connectivity index (χ3v) is 2.62. The molecule has 0 unspecified atom stereocenters. The number of nitrogen functional groups attached to an aromatic ring is 1. The average molecular weight is 280 g/mol. The molecule has 1 amide bonds. The van der Waals surface area contributed by atoms with Crippen LogP contribution in [0.5, 0.6) is 0 Å². The monoisotopic (exact) mass is 280 g/mol. The van der Waals surface area contributed by atoms with Crippen LogP contribution in [0.1, 0.15) is 15.9 Å². The molecular weight excluding hydrogens is 269 g/mol. The summed E-state index contributed by atoms with van der Waals surface area (Å²) in [6, 6.07) is 6.75. The van der Waals surface area contributed by atoms with Gasteiger partial charge in [-0.3, -0.25) is 4.79 Å². The van der Waals surface area contributed by atoms with Crippen molar-refractivity contribution >= 4 is 11.6 Å². The van der Waals surface area contributed by atoms with Crippen LogP contribution >= 0.6 is 0 Å². The molecule has 3 nitrogen and oxygen atoms in total. The van der Waals surface area contributed by atoms with Gasteiger partial charge < -0.3 is 11.1 Å². The summed E-state index contributed by atoms with van der Waals surface area (Å²) in [7, 11) is 0. The zero-order valence-electron chi connectivity index (χ0n) is 10.3. The zero-order chi connectivity index (χ0) is 14.7. The van der Waals surface area contributed by atoms with Crippen molar-refractivity contribution in [2.24, 2.45) is 0 Å². The molecule has 2 aromatic rings. The van der Waals surface area contributed by atoms with Gasteiger partial charge >= 0.3 is 0 Å². The van der Waals surface area contributed by atoms with Gasteiger partial charge in [0.2, 0.25) is 0 Å². The summed E-state index contributed by atoms with van der Waals surface area (Å²) < 4.78 is 38.8. The van der Waals surface area contributed by atoms with Crippen LogP contribution in [-0.2, 0) is 6.54 Å². The van der Waals surface area contributed by atoms with E-state index in [2.05, 4.69) is 5.32 Å². The minimum atomic E-state index is -0.994. The topological polar surface area (TPSA) is 55.1 Å². The summed E-state index contributed by atoms with van der Waals surface area (Å²) >= 11 is 0. The summed E-state index contributed by atoms with van der Waals surface area (Å²) in [6.07, 6.45) is 0. The zero-order valence-corrected chi connectivity index (χ0v) is 10.3. The van der Waals surface area contributed by atoms with Crippen LogP contribution in [-0.4, -0.2) is 5.91 Å². The maximum Gasteiger partial charge on any atom is 0.251 e. The highest BCUT2D eigenvalue weighted by Crippen LogP contribution is 2.12. The predicted octanol–water partition coefficient (Wildman–Crippen LogP) is 2.62. The number of halogens is 3. The van der Waals surface area contributed by atoms with Gasteiger partial charge in [-0.2, -0.15) is 0 Å². The van der Waals surface area contributed by atoms with E-state index in [1.807, 2.05) is 0 Å². The normalized spacial score (nSPS) is 10.3. The van der Waals surface area contributed by atoms with Crippen LogP contribution in [0.2, 0.25) is 0 Å². The second-order valence-corrected chi connectivity index (χ2v) is 4.20. The smallest absolute Gasteiger partial charge is 0.251 e. The van der Waals surface area contributed by atoms with Gasteiger partial charge in [0.05, 0.1) is 0 Å². The third-order valence-electron chi connectivity index (χ3n) is 2.62. The SMILES string of the molecule is Nc1cc(F)cc(C(=O)NCc2ccc(F)c(F)c2)c1. The quantitative estimate of drug-likeness (QED) is 0.849. The Kier molecular flexibility index (Phi) is 3.93. The first-order chi connectivity index (χ1) is 9.45. The van der Waals surface area contributed by atoms with Crippen molar-refractivity contribution in [2.45, 2.75) is 6.54 Å². The number of amides is 1. The molecule has 2 aromatic carbocycles. The summed E-state index contributed by atoms with van der Waals surface area (Å²) in [4.78, 5) is 11.8. The van der Waals surface area contributed by atoms with Gasteiger partial charge in [-0.05, 0) is 35.9 Å². The Morgan fingerprint density at radius 1 is 1.05 bits per heavy atom. The van der Waals surface area contributed by atoms with Gasteiger partial charge in [-0.15, -0.1) is 0 Å². The Hall–Kier alpha value is -2.50. The second-order valence-electron chi connectivity index (χ2n) is 4.20. The molecule has 0 heterocycles. The van der Waals surface area contributed by atoms with Crippen molar-refractivity contribution in [2.75, 3.05) is 5.73 Å². The first kappa shape index (κ1) is 13.9. The molecule has 104 valence electrons. The fraction of sp³-hybridized carbons (Fsp3) is 0.0714. The van der Waals surface area contributed by atoms with Crippen LogP contribution in [0.15, 0.2) is 36.4 Å². The molecule has 20 heavy (non-hydrogen) atoms. The molecule has 0 bridgehead atoms.